The van der Waals surface area contributed by atoms with Crippen molar-refractivity contribution in [1.29, 1.82) is 0 Å². The maximum absolute atomic E-state index is 11.3. The molecule has 0 radical (unpaired) electrons. The number of aliphatic hydroxyl groups is 1. The second-order valence-electron chi connectivity index (χ2n) is 3.33. The molecule has 0 heterocycles. The van der Waals surface area contributed by atoms with E-state index in [4.69, 9.17) is 15.9 Å². The topological polar surface area (TPSA) is 113 Å². The summed E-state index contributed by atoms with van der Waals surface area (Å²) in [6, 6.07) is -1.98. The van der Waals surface area contributed by atoms with Gasteiger partial charge in [0.15, 0.2) is 0 Å². The van der Waals surface area contributed by atoms with E-state index in [-0.39, 0.29) is 0 Å². The number of unbranched alkanes of at least 4 members (excludes halogenated alkanes) is 1. The highest BCUT2D eigenvalue weighted by atomic mass is 16.4. The fraction of sp³-hybridized carbons (Fsp3) is 0.778. The highest BCUT2D eigenvalue weighted by Gasteiger charge is 2.21. The van der Waals surface area contributed by atoms with Gasteiger partial charge in [-0.2, -0.15) is 0 Å². The molecule has 2 unspecified atom stereocenters. The number of carboxylic acids is 1. The van der Waals surface area contributed by atoms with E-state index in [9.17, 15) is 9.59 Å². The normalized spacial score (nSPS) is 14.3. The Labute approximate surface area is 88.5 Å². The average Bonchev–Trinajstić information content (AvgIpc) is 2.21. The summed E-state index contributed by atoms with van der Waals surface area (Å²) in [5.74, 6) is -1.81. The van der Waals surface area contributed by atoms with E-state index in [2.05, 4.69) is 5.32 Å². The van der Waals surface area contributed by atoms with Crippen molar-refractivity contribution in [2.24, 2.45) is 5.73 Å². The maximum atomic E-state index is 11.3. The fourth-order valence-electron chi connectivity index (χ4n) is 1.02. The number of carbonyl (C=O) groups is 2. The first kappa shape index (κ1) is 13.9. The molecule has 0 rings (SSSR count). The SMILES string of the molecule is CCCCC(N)C(=O)NC(CO)C(=O)O. The molecule has 0 bridgehead atoms. The second kappa shape index (κ2) is 7.19. The third-order valence-corrected chi connectivity index (χ3v) is 2.00. The van der Waals surface area contributed by atoms with Gasteiger partial charge in [-0.05, 0) is 6.42 Å². The van der Waals surface area contributed by atoms with Gasteiger partial charge in [0.1, 0.15) is 6.04 Å². The lowest BCUT2D eigenvalue weighted by atomic mass is 10.1. The number of aliphatic hydroxyl groups excluding tert-OH is 1. The van der Waals surface area contributed by atoms with Crippen LogP contribution >= 0.6 is 0 Å². The summed E-state index contributed by atoms with van der Waals surface area (Å²) >= 11 is 0. The van der Waals surface area contributed by atoms with E-state index in [1.54, 1.807) is 0 Å². The zero-order valence-corrected chi connectivity index (χ0v) is 8.77. The molecule has 0 aliphatic rings. The molecule has 0 aromatic heterocycles. The van der Waals surface area contributed by atoms with Gasteiger partial charge in [0.25, 0.3) is 0 Å². The van der Waals surface area contributed by atoms with Crippen LogP contribution in [0, 0.1) is 0 Å². The van der Waals surface area contributed by atoms with E-state index in [1.807, 2.05) is 6.92 Å². The van der Waals surface area contributed by atoms with Gasteiger partial charge in [0.2, 0.25) is 5.91 Å². The summed E-state index contributed by atoms with van der Waals surface area (Å²) < 4.78 is 0. The van der Waals surface area contributed by atoms with Crippen molar-refractivity contribution in [1.82, 2.24) is 5.32 Å². The number of hydrogen-bond acceptors (Lipinski definition) is 4. The Morgan fingerprint density at radius 3 is 2.47 bits per heavy atom. The minimum atomic E-state index is -1.27. The Morgan fingerprint density at radius 2 is 2.07 bits per heavy atom. The van der Waals surface area contributed by atoms with Gasteiger partial charge in [-0.25, -0.2) is 4.79 Å². The monoisotopic (exact) mass is 218 g/mol. The summed E-state index contributed by atoms with van der Waals surface area (Å²) in [6.07, 6.45) is 2.24. The Balaban J connectivity index is 4.04. The lowest BCUT2D eigenvalue weighted by Gasteiger charge is -2.15. The van der Waals surface area contributed by atoms with Crippen LogP contribution in [0.15, 0.2) is 0 Å². The standard InChI is InChI=1S/C9H18N2O4/c1-2-3-4-6(10)8(13)11-7(5-12)9(14)15/h6-7,12H,2-5,10H2,1H3,(H,11,13)(H,14,15). The summed E-state index contributed by atoms with van der Waals surface area (Å²) in [5, 5.41) is 19.4. The molecule has 6 nitrogen and oxygen atoms in total. The minimum Gasteiger partial charge on any atom is -0.480 e. The molecule has 1 amide bonds. The number of amides is 1. The molecule has 5 N–H and O–H groups in total. The molecule has 88 valence electrons. The van der Waals surface area contributed by atoms with Crippen LogP contribution in [0.1, 0.15) is 26.2 Å². The van der Waals surface area contributed by atoms with Crippen molar-refractivity contribution in [3.8, 4) is 0 Å². The molecule has 0 aliphatic heterocycles. The Bertz CT molecular complexity index is 220. The maximum Gasteiger partial charge on any atom is 0.328 e. The number of carbonyl (C=O) groups excluding carboxylic acids is 1. The third kappa shape index (κ3) is 5.34. The first-order chi connectivity index (χ1) is 7.02. The van der Waals surface area contributed by atoms with Crippen LogP contribution < -0.4 is 11.1 Å². The molecular weight excluding hydrogens is 200 g/mol. The van der Waals surface area contributed by atoms with Gasteiger partial charge in [-0.3, -0.25) is 4.79 Å². The van der Waals surface area contributed by atoms with Gasteiger partial charge in [-0.15, -0.1) is 0 Å². The molecule has 0 aromatic carbocycles. The summed E-state index contributed by atoms with van der Waals surface area (Å²) in [6.45, 7) is 1.33. The zero-order valence-electron chi connectivity index (χ0n) is 8.77. The zero-order chi connectivity index (χ0) is 11.8. The van der Waals surface area contributed by atoms with Crippen molar-refractivity contribution < 1.29 is 19.8 Å². The summed E-state index contributed by atoms with van der Waals surface area (Å²) in [7, 11) is 0. The molecule has 0 saturated carbocycles. The van der Waals surface area contributed by atoms with Crippen LogP contribution in [-0.2, 0) is 9.59 Å². The van der Waals surface area contributed by atoms with Gasteiger partial charge < -0.3 is 21.3 Å². The first-order valence-electron chi connectivity index (χ1n) is 4.92. The number of carboxylic acid groups (broad SMARTS) is 1. The lowest BCUT2D eigenvalue weighted by Crippen LogP contribution is -2.49. The summed E-state index contributed by atoms with van der Waals surface area (Å²) in [5.41, 5.74) is 5.52. The quantitative estimate of drug-likeness (QED) is 0.441. The van der Waals surface area contributed by atoms with Crippen molar-refractivity contribution in [3.63, 3.8) is 0 Å². The first-order valence-corrected chi connectivity index (χ1v) is 4.92. The number of aliphatic carboxylic acids is 1. The second-order valence-corrected chi connectivity index (χ2v) is 3.33. The number of hydrogen-bond donors (Lipinski definition) is 4. The molecule has 6 heteroatoms. The molecule has 0 aromatic rings. The molecule has 0 spiro atoms. The van der Waals surface area contributed by atoms with Crippen LogP contribution in [0.4, 0.5) is 0 Å². The van der Waals surface area contributed by atoms with E-state index < -0.39 is 30.6 Å². The average molecular weight is 218 g/mol. The van der Waals surface area contributed by atoms with Crippen molar-refractivity contribution in [2.75, 3.05) is 6.61 Å². The van der Waals surface area contributed by atoms with E-state index in [1.165, 1.54) is 0 Å². The molecule has 15 heavy (non-hydrogen) atoms. The number of rotatable bonds is 7. The predicted molar refractivity (Wildman–Crippen MR) is 54.2 cm³/mol. The lowest BCUT2D eigenvalue weighted by molar-refractivity contribution is -0.143. The van der Waals surface area contributed by atoms with Gasteiger partial charge in [0.05, 0.1) is 12.6 Å². The van der Waals surface area contributed by atoms with Crippen molar-refractivity contribution in [2.45, 2.75) is 38.3 Å². The molecule has 0 fully saturated rings. The predicted octanol–water partition coefficient (Wildman–Crippen LogP) is -0.934. The van der Waals surface area contributed by atoms with E-state index in [0.29, 0.717) is 6.42 Å². The highest BCUT2D eigenvalue weighted by Crippen LogP contribution is 1.98. The number of nitrogens with one attached hydrogen (secondary N) is 1. The fourth-order valence-corrected chi connectivity index (χ4v) is 1.02. The highest BCUT2D eigenvalue weighted by molar-refractivity contribution is 5.86. The molecule has 2 atom stereocenters. The van der Waals surface area contributed by atoms with Gasteiger partial charge in [0, 0.05) is 0 Å². The Morgan fingerprint density at radius 1 is 1.47 bits per heavy atom. The van der Waals surface area contributed by atoms with Crippen LogP contribution in [0.2, 0.25) is 0 Å². The summed E-state index contributed by atoms with van der Waals surface area (Å²) in [4.78, 5) is 21.8. The van der Waals surface area contributed by atoms with E-state index >= 15 is 0 Å². The molecule has 0 aliphatic carbocycles. The number of nitrogens with two attached hydrogens (primary N) is 1. The van der Waals surface area contributed by atoms with Crippen LogP contribution in [0.5, 0.6) is 0 Å². The minimum absolute atomic E-state index is 0.514. The van der Waals surface area contributed by atoms with Crippen molar-refractivity contribution in [3.05, 3.63) is 0 Å². The third-order valence-electron chi connectivity index (χ3n) is 2.00. The van der Waals surface area contributed by atoms with Crippen LogP contribution in [-0.4, -0.2) is 40.8 Å². The van der Waals surface area contributed by atoms with Crippen molar-refractivity contribution >= 4 is 11.9 Å². The smallest absolute Gasteiger partial charge is 0.328 e. The molecular formula is C9H18N2O4. The largest absolute Gasteiger partial charge is 0.480 e. The van der Waals surface area contributed by atoms with Gasteiger partial charge >= 0.3 is 5.97 Å². The van der Waals surface area contributed by atoms with Gasteiger partial charge in [-0.1, -0.05) is 19.8 Å². The molecule has 0 saturated heterocycles. The van der Waals surface area contributed by atoms with Crippen LogP contribution in [0.3, 0.4) is 0 Å². The van der Waals surface area contributed by atoms with Crippen LogP contribution in [0.25, 0.3) is 0 Å². The Hall–Kier alpha value is -1.14. The van der Waals surface area contributed by atoms with E-state index in [0.717, 1.165) is 12.8 Å². The Kier molecular flexibility index (Phi) is 6.64.